The Morgan fingerprint density at radius 3 is 2.68 bits per heavy atom. The second-order valence-electron chi connectivity index (χ2n) is 6.43. The fourth-order valence-electron chi connectivity index (χ4n) is 2.63. The van der Waals surface area contributed by atoms with Gasteiger partial charge in [0.15, 0.2) is 0 Å². The summed E-state index contributed by atoms with van der Waals surface area (Å²) in [5.74, 6) is 0.304. The zero-order valence-electron chi connectivity index (χ0n) is 14.7. The van der Waals surface area contributed by atoms with E-state index in [0.717, 1.165) is 22.4 Å². The van der Waals surface area contributed by atoms with Gasteiger partial charge in [0, 0.05) is 37.0 Å². The Morgan fingerprint density at radius 2 is 2.04 bits per heavy atom. The number of aryl methyl sites for hydroxylation is 1. The quantitative estimate of drug-likeness (QED) is 0.773. The minimum atomic E-state index is -0.277. The fraction of sp³-hybridized carbons (Fsp3) is 0.316. The summed E-state index contributed by atoms with van der Waals surface area (Å²) in [6.07, 6.45) is 5.88. The lowest BCUT2D eigenvalue weighted by Gasteiger charge is -2.08. The van der Waals surface area contributed by atoms with Crippen LogP contribution in [0.25, 0.3) is 11.3 Å². The van der Waals surface area contributed by atoms with Crippen molar-refractivity contribution in [1.29, 1.82) is 0 Å². The monoisotopic (exact) mass is 339 g/mol. The maximum Gasteiger partial charge on any atom is 0.133 e. The third-order valence-electron chi connectivity index (χ3n) is 4.13. The van der Waals surface area contributed by atoms with Crippen molar-refractivity contribution < 1.29 is 4.39 Å². The Bertz CT molecular complexity index is 885. The summed E-state index contributed by atoms with van der Waals surface area (Å²) in [6.45, 7) is 6.43. The van der Waals surface area contributed by atoms with Gasteiger partial charge in [0.05, 0.1) is 11.9 Å². The second kappa shape index (κ2) is 7.11. The molecule has 130 valence electrons. The van der Waals surface area contributed by atoms with Gasteiger partial charge in [-0.3, -0.25) is 4.68 Å². The number of halogens is 1. The molecule has 0 bridgehead atoms. The summed E-state index contributed by atoms with van der Waals surface area (Å²) in [7, 11) is 0. The zero-order chi connectivity index (χ0) is 18.0. The van der Waals surface area contributed by atoms with E-state index in [9.17, 15) is 4.39 Å². The lowest BCUT2D eigenvalue weighted by atomic mass is 10.1. The minimum Gasteiger partial charge on any atom is -0.326 e. The molecule has 0 aliphatic rings. The average molecular weight is 339 g/mol. The first kappa shape index (κ1) is 17.2. The summed E-state index contributed by atoms with van der Waals surface area (Å²) in [5.41, 5.74) is 9.61. The zero-order valence-corrected chi connectivity index (χ0v) is 14.7. The van der Waals surface area contributed by atoms with Gasteiger partial charge in [-0.1, -0.05) is 12.1 Å². The summed E-state index contributed by atoms with van der Waals surface area (Å²) in [4.78, 5) is 8.99. The first-order valence-corrected chi connectivity index (χ1v) is 8.32. The lowest BCUT2D eigenvalue weighted by Crippen LogP contribution is -2.03. The van der Waals surface area contributed by atoms with Crippen molar-refractivity contribution in [3.05, 3.63) is 65.1 Å². The highest BCUT2D eigenvalue weighted by molar-refractivity contribution is 5.60. The summed E-state index contributed by atoms with van der Waals surface area (Å²) < 4.78 is 16.1. The number of rotatable bonds is 5. The van der Waals surface area contributed by atoms with Crippen molar-refractivity contribution in [2.45, 2.75) is 39.8 Å². The molecule has 0 unspecified atom stereocenters. The molecule has 3 rings (SSSR count). The smallest absolute Gasteiger partial charge is 0.133 e. The minimum absolute atomic E-state index is 0.277. The van der Waals surface area contributed by atoms with Gasteiger partial charge in [-0.2, -0.15) is 5.10 Å². The lowest BCUT2D eigenvalue weighted by molar-refractivity contribution is 0.532. The highest BCUT2D eigenvalue weighted by Crippen LogP contribution is 2.22. The van der Waals surface area contributed by atoms with Crippen LogP contribution in [-0.2, 0) is 13.0 Å². The first-order chi connectivity index (χ1) is 12.0. The van der Waals surface area contributed by atoms with E-state index >= 15 is 0 Å². The average Bonchev–Trinajstić information content (AvgIpc) is 3.08. The molecule has 0 radical (unpaired) electrons. The topological polar surface area (TPSA) is 69.6 Å². The van der Waals surface area contributed by atoms with E-state index in [2.05, 4.69) is 28.9 Å². The maximum absolute atomic E-state index is 14.2. The number of nitrogens with two attached hydrogens (primary N) is 1. The van der Waals surface area contributed by atoms with Gasteiger partial charge in [-0.05, 0) is 43.5 Å². The van der Waals surface area contributed by atoms with Gasteiger partial charge < -0.3 is 5.73 Å². The molecule has 0 aliphatic heterocycles. The van der Waals surface area contributed by atoms with E-state index in [-0.39, 0.29) is 11.9 Å². The maximum atomic E-state index is 14.2. The molecule has 2 N–H and O–H groups in total. The molecule has 0 saturated carbocycles. The molecular formula is C19H22FN5. The van der Waals surface area contributed by atoms with Crippen LogP contribution in [0.3, 0.4) is 0 Å². The molecule has 0 saturated heterocycles. The SMILES string of the molecule is Cc1cnc(Cc2ccc(CN)cc2F)nc1-c1cnn(C(C)C)c1. The molecule has 0 atom stereocenters. The predicted octanol–water partition coefficient (Wildman–Crippen LogP) is 3.42. The molecule has 5 nitrogen and oxygen atoms in total. The molecular weight excluding hydrogens is 317 g/mol. The second-order valence-corrected chi connectivity index (χ2v) is 6.43. The third kappa shape index (κ3) is 3.74. The van der Waals surface area contributed by atoms with Crippen molar-refractivity contribution in [2.75, 3.05) is 0 Å². The predicted molar refractivity (Wildman–Crippen MR) is 95.5 cm³/mol. The Balaban J connectivity index is 1.91. The molecule has 1 aromatic carbocycles. The van der Waals surface area contributed by atoms with Gasteiger partial charge >= 0.3 is 0 Å². The first-order valence-electron chi connectivity index (χ1n) is 8.32. The van der Waals surface area contributed by atoms with Crippen molar-refractivity contribution >= 4 is 0 Å². The Hall–Kier alpha value is -2.60. The molecule has 6 heteroatoms. The number of aromatic nitrogens is 4. The fourth-order valence-corrected chi connectivity index (χ4v) is 2.63. The van der Waals surface area contributed by atoms with Gasteiger partial charge in [-0.15, -0.1) is 0 Å². The molecule has 0 fully saturated rings. The van der Waals surface area contributed by atoms with Crippen molar-refractivity contribution in [3.8, 4) is 11.3 Å². The van der Waals surface area contributed by atoms with E-state index in [1.165, 1.54) is 6.07 Å². The Kier molecular flexibility index (Phi) is 4.90. The van der Waals surface area contributed by atoms with E-state index < -0.39 is 0 Å². The van der Waals surface area contributed by atoms with Crippen LogP contribution < -0.4 is 5.73 Å². The van der Waals surface area contributed by atoms with Crippen molar-refractivity contribution in [3.63, 3.8) is 0 Å². The number of benzene rings is 1. The molecule has 2 heterocycles. The molecule has 3 aromatic rings. The van der Waals surface area contributed by atoms with Gasteiger partial charge in [-0.25, -0.2) is 14.4 Å². The molecule has 0 spiro atoms. The molecule has 25 heavy (non-hydrogen) atoms. The summed E-state index contributed by atoms with van der Waals surface area (Å²) in [5, 5.41) is 4.36. The number of hydrogen-bond acceptors (Lipinski definition) is 4. The number of nitrogens with zero attached hydrogens (tertiary/aromatic N) is 4. The summed E-state index contributed by atoms with van der Waals surface area (Å²) >= 11 is 0. The highest BCUT2D eigenvalue weighted by atomic mass is 19.1. The third-order valence-corrected chi connectivity index (χ3v) is 4.13. The van der Waals surface area contributed by atoms with Gasteiger partial charge in [0.25, 0.3) is 0 Å². The Labute approximate surface area is 146 Å². The largest absolute Gasteiger partial charge is 0.326 e. The van der Waals surface area contributed by atoms with Crippen LogP contribution >= 0.6 is 0 Å². The van der Waals surface area contributed by atoms with E-state index in [4.69, 9.17) is 5.73 Å². The van der Waals surface area contributed by atoms with E-state index in [1.54, 1.807) is 18.5 Å². The van der Waals surface area contributed by atoms with Crippen molar-refractivity contribution in [1.82, 2.24) is 19.7 Å². The van der Waals surface area contributed by atoms with E-state index in [0.29, 0.717) is 24.4 Å². The Morgan fingerprint density at radius 1 is 1.24 bits per heavy atom. The van der Waals surface area contributed by atoms with E-state index in [1.807, 2.05) is 23.9 Å². The van der Waals surface area contributed by atoms with Gasteiger partial charge in [0.1, 0.15) is 11.6 Å². The van der Waals surface area contributed by atoms with Crippen LogP contribution in [0, 0.1) is 12.7 Å². The standard InChI is InChI=1S/C19H22FN5/c1-12(2)25-11-16(10-23-25)19-13(3)9-22-18(24-19)7-15-5-4-14(8-21)6-17(15)20/h4-6,9-12H,7-8,21H2,1-3H3. The number of hydrogen-bond donors (Lipinski definition) is 1. The van der Waals surface area contributed by atoms with Gasteiger partial charge in [0.2, 0.25) is 0 Å². The van der Waals surface area contributed by atoms with Crippen LogP contribution in [0.5, 0.6) is 0 Å². The van der Waals surface area contributed by atoms with Crippen LogP contribution in [0.15, 0.2) is 36.8 Å². The van der Waals surface area contributed by atoms with Crippen LogP contribution in [0.2, 0.25) is 0 Å². The van der Waals surface area contributed by atoms with Crippen molar-refractivity contribution in [2.24, 2.45) is 5.73 Å². The van der Waals surface area contributed by atoms with Crippen LogP contribution in [0.4, 0.5) is 4.39 Å². The summed E-state index contributed by atoms with van der Waals surface area (Å²) in [6, 6.07) is 5.33. The highest BCUT2D eigenvalue weighted by Gasteiger charge is 2.12. The molecule has 0 aliphatic carbocycles. The normalized spacial score (nSPS) is 11.3. The molecule has 2 aromatic heterocycles. The van der Waals surface area contributed by atoms with Crippen LogP contribution in [0.1, 0.15) is 42.4 Å². The molecule has 0 amide bonds. The van der Waals surface area contributed by atoms with Crippen LogP contribution in [-0.4, -0.2) is 19.7 Å².